The topological polar surface area (TPSA) is 80.5 Å². The molecule has 0 bridgehead atoms. The van der Waals surface area contributed by atoms with E-state index >= 15 is 4.11 Å². The van der Waals surface area contributed by atoms with E-state index < -0.39 is 20.1 Å². The summed E-state index contributed by atoms with van der Waals surface area (Å²) in [5.41, 5.74) is 1.35. The number of aliphatic hydroxyl groups excluding tert-OH is 1. The number of anilines is 2. The molecule has 36 heavy (non-hydrogen) atoms. The van der Waals surface area contributed by atoms with Gasteiger partial charge in [0, 0.05) is 53.0 Å². The van der Waals surface area contributed by atoms with Crippen molar-refractivity contribution in [2.45, 2.75) is 56.7 Å². The Hall–Kier alpha value is -2.40. The van der Waals surface area contributed by atoms with Gasteiger partial charge in [-0.15, -0.1) is 5.10 Å². The van der Waals surface area contributed by atoms with Gasteiger partial charge >= 0.3 is 0 Å². The number of benzene rings is 2. The van der Waals surface area contributed by atoms with E-state index in [-0.39, 0.29) is 24.0 Å². The number of aromatic nitrogens is 3. The van der Waals surface area contributed by atoms with Crippen molar-refractivity contribution in [3.05, 3.63) is 70.5 Å². The molecule has 0 aliphatic carbocycles. The first-order chi connectivity index (χ1) is 17.2. The molecule has 1 aromatic heterocycles. The minimum atomic E-state index is -3.24. The lowest BCUT2D eigenvalue weighted by Gasteiger charge is -2.31. The molecule has 2 aliphatic heterocycles. The first-order valence-corrected chi connectivity index (χ1v) is 16.0. The number of aliphatic hydroxyl groups is 1. The largest absolute Gasteiger partial charge is 0.396 e. The number of halogens is 2. The van der Waals surface area contributed by atoms with Crippen LogP contribution in [0.3, 0.4) is 0 Å². The molecule has 1 saturated heterocycles. The lowest BCUT2D eigenvalue weighted by molar-refractivity contribution is -0.145. The Morgan fingerprint density at radius 1 is 1.22 bits per heavy atom. The monoisotopic (exact) mass is 572 g/mol. The van der Waals surface area contributed by atoms with Crippen LogP contribution in [0, 0.1) is 5.92 Å². The second-order valence-corrected chi connectivity index (χ2v) is 14.9. The maximum atomic E-state index is 15.9. The van der Waals surface area contributed by atoms with Crippen LogP contribution in [0.5, 0.6) is 0 Å². The summed E-state index contributed by atoms with van der Waals surface area (Å²) in [6, 6.07) is 15.3. The van der Waals surface area contributed by atoms with Crippen LogP contribution in [-0.4, -0.2) is 47.1 Å². The van der Waals surface area contributed by atoms with Gasteiger partial charge in [0.2, 0.25) is 8.41 Å². The first kappa shape index (κ1) is 25.3. The van der Waals surface area contributed by atoms with Crippen molar-refractivity contribution in [2.75, 3.05) is 11.5 Å². The summed E-state index contributed by atoms with van der Waals surface area (Å²) in [4.78, 5) is 16.0. The van der Waals surface area contributed by atoms with Crippen LogP contribution in [0.2, 0.25) is 18.6 Å². The van der Waals surface area contributed by atoms with Crippen molar-refractivity contribution in [3.63, 3.8) is 0 Å². The van der Waals surface area contributed by atoms with Crippen LogP contribution >= 0.6 is 15.9 Å². The second-order valence-electron chi connectivity index (χ2n) is 10.1. The minimum Gasteiger partial charge on any atom is -0.396 e. The number of carbonyl (C=O) groups is 1. The van der Waals surface area contributed by atoms with E-state index in [0.717, 1.165) is 21.4 Å². The van der Waals surface area contributed by atoms with Crippen molar-refractivity contribution in [2.24, 2.45) is 5.92 Å². The molecule has 0 radical (unpaired) electrons. The molecule has 190 valence electrons. The molecule has 0 unspecified atom stereocenters. The number of carbonyl (C=O) groups excluding carboxylic acids is 1. The smallest absolute Gasteiger partial charge is 0.268 e. The molecule has 1 N–H and O–H groups in total. The fourth-order valence-corrected chi connectivity index (χ4v) is 8.89. The van der Waals surface area contributed by atoms with Crippen molar-refractivity contribution < 1.29 is 18.7 Å². The molecule has 3 heterocycles. The number of hydrogen-bond donors (Lipinski definition) is 1. The number of rotatable bonds is 7. The van der Waals surface area contributed by atoms with Gasteiger partial charge < -0.3 is 14.0 Å². The predicted octanol–water partition coefficient (Wildman–Crippen LogP) is 5.12. The van der Waals surface area contributed by atoms with Gasteiger partial charge in [-0.05, 0) is 49.8 Å². The summed E-state index contributed by atoms with van der Waals surface area (Å²) < 4.78 is 25.2. The Morgan fingerprint density at radius 2 is 1.97 bits per heavy atom. The number of ether oxygens (including phenoxy) is 1. The number of amides is 1. The highest BCUT2D eigenvalue weighted by atomic mass is 79.9. The van der Waals surface area contributed by atoms with Gasteiger partial charge in [0.05, 0.1) is 17.5 Å². The molecular weight excluding hydrogens is 543 g/mol. The zero-order valence-corrected chi connectivity index (χ0v) is 23.2. The summed E-state index contributed by atoms with van der Waals surface area (Å²) in [7, 11) is -3.24. The number of fused-ring (bicyclic) bond motifs is 2. The van der Waals surface area contributed by atoms with Crippen molar-refractivity contribution in [3.8, 4) is 0 Å². The Bertz CT molecular complexity index is 1270. The average Bonchev–Trinajstić information content (AvgIpc) is 3.47. The molecule has 2 aromatic carbocycles. The standard InChI is InChI=1S/C26H30BrFN4O3Si/c1-17-24(36(2,3)28)23(11-13-31-16-19(12-14-33)29-30-31)35-26(17)21-15-18(27)9-10-22(21)32(25(26)34)20-7-5-4-6-8-20/h4-10,15-17,23-24,33H,11-14H2,1-3H3/t17-,23+,24-,26+/m1/s1. The van der Waals surface area contributed by atoms with Crippen LogP contribution in [-0.2, 0) is 28.1 Å². The molecule has 1 amide bonds. The molecular formula is C26H30BrFN4O3Si. The molecule has 1 spiro atoms. The van der Waals surface area contributed by atoms with Crippen LogP contribution in [0.25, 0.3) is 0 Å². The Kier molecular flexibility index (Phi) is 6.65. The highest BCUT2D eigenvalue weighted by Crippen LogP contribution is 2.61. The molecule has 2 aliphatic rings. The number of hydrogen-bond acceptors (Lipinski definition) is 5. The Balaban J connectivity index is 1.54. The van der Waals surface area contributed by atoms with Crippen LogP contribution in [0.15, 0.2) is 59.2 Å². The van der Waals surface area contributed by atoms with Gasteiger partial charge in [-0.25, -0.2) is 0 Å². The van der Waals surface area contributed by atoms with E-state index in [1.807, 2.05) is 55.5 Å². The van der Waals surface area contributed by atoms with Crippen molar-refractivity contribution >= 4 is 41.6 Å². The molecule has 4 atom stereocenters. The molecule has 3 aromatic rings. The first-order valence-electron chi connectivity index (χ1n) is 12.2. The van der Waals surface area contributed by atoms with Gasteiger partial charge in [0.25, 0.3) is 5.91 Å². The van der Waals surface area contributed by atoms with E-state index in [1.165, 1.54) is 0 Å². The third kappa shape index (κ3) is 4.13. The molecule has 5 rings (SSSR count). The quantitative estimate of drug-likeness (QED) is 0.314. The van der Waals surface area contributed by atoms with E-state index in [0.29, 0.717) is 25.1 Å². The summed E-state index contributed by atoms with van der Waals surface area (Å²) in [6.45, 7) is 5.85. The molecule has 10 heteroatoms. The fourth-order valence-electron chi connectivity index (χ4n) is 5.98. The van der Waals surface area contributed by atoms with Gasteiger partial charge in [0.15, 0.2) is 5.60 Å². The lowest BCUT2D eigenvalue weighted by Crippen LogP contribution is -2.44. The zero-order valence-electron chi connectivity index (χ0n) is 20.6. The van der Waals surface area contributed by atoms with Crippen molar-refractivity contribution in [1.29, 1.82) is 0 Å². The third-order valence-electron chi connectivity index (χ3n) is 7.44. The molecule has 7 nitrogen and oxygen atoms in total. The zero-order chi connectivity index (χ0) is 25.7. The Morgan fingerprint density at radius 3 is 2.67 bits per heavy atom. The van der Waals surface area contributed by atoms with Gasteiger partial charge in [-0.2, -0.15) is 0 Å². The maximum absolute atomic E-state index is 15.9. The third-order valence-corrected chi connectivity index (χ3v) is 10.4. The maximum Gasteiger partial charge on any atom is 0.268 e. The van der Waals surface area contributed by atoms with Crippen LogP contribution in [0.1, 0.15) is 24.6 Å². The summed E-state index contributed by atoms with van der Waals surface area (Å²) in [6.07, 6.45) is 2.27. The summed E-state index contributed by atoms with van der Waals surface area (Å²) in [5, 5.41) is 17.4. The SMILES string of the molecule is C[C@@H]1[C@@H]([Si](C)(C)F)[C@H](CCn2cc(CCO)nn2)O[C@@]12C(=O)N(c1ccccc1)c1ccc(Br)cc12. The lowest BCUT2D eigenvalue weighted by atomic mass is 9.82. The highest BCUT2D eigenvalue weighted by molar-refractivity contribution is 9.10. The molecule has 1 fully saturated rings. The van der Waals surface area contributed by atoms with Gasteiger partial charge in [0.1, 0.15) is 0 Å². The average molecular weight is 574 g/mol. The fraction of sp³-hybridized carbons (Fsp3) is 0.423. The van der Waals surface area contributed by atoms with Gasteiger partial charge in [-0.3, -0.25) is 14.4 Å². The minimum absolute atomic E-state index is 0.00315. The van der Waals surface area contributed by atoms with E-state index in [1.54, 1.807) is 28.9 Å². The summed E-state index contributed by atoms with van der Waals surface area (Å²) >= 11 is 3.57. The number of nitrogens with zero attached hydrogens (tertiary/aromatic N) is 4. The van der Waals surface area contributed by atoms with Crippen LogP contribution < -0.4 is 4.90 Å². The number of para-hydroxylation sites is 1. The van der Waals surface area contributed by atoms with Crippen molar-refractivity contribution in [1.82, 2.24) is 15.0 Å². The molecule has 0 saturated carbocycles. The highest BCUT2D eigenvalue weighted by Gasteiger charge is 2.66. The summed E-state index contributed by atoms with van der Waals surface area (Å²) in [5.74, 6) is -0.532. The van der Waals surface area contributed by atoms with E-state index in [9.17, 15) is 4.79 Å². The van der Waals surface area contributed by atoms with E-state index in [2.05, 4.69) is 26.2 Å². The van der Waals surface area contributed by atoms with Crippen LogP contribution in [0.4, 0.5) is 15.5 Å². The van der Waals surface area contributed by atoms with Gasteiger partial charge in [-0.1, -0.05) is 46.3 Å². The van der Waals surface area contributed by atoms with E-state index in [4.69, 9.17) is 9.84 Å². The normalized spacial score (nSPS) is 25.7. The second kappa shape index (κ2) is 9.48. The Labute approximate surface area is 219 Å². The number of aryl methyl sites for hydroxylation is 1. The predicted molar refractivity (Wildman–Crippen MR) is 141 cm³/mol.